The van der Waals surface area contributed by atoms with E-state index in [-0.39, 0.29) is 11.3 Å². The van der Waals surface area contributed by atoms with E-state index in [1.54, 1.807) is 0 Å². The highest BCUT2D eigenvalue weighted by atomic mass is 79.9. The van der Waals surface area contributed by atoms with Gasteiger partial charge in [-0.05, 0) is 30.0 Å². The van der Waals surface area contributed by atoms with Crippen LogP contribution in [0.4, 0.5) is 0 Å². The molecule has 6 heteroatoms. The van der Waals surface area contributed by atoms with Gasteiger partial charge in [0.1, 0.15) is 0 Å². The number of hydrogen-bond acceptors (Lipinski definition) is 4. The van der Waals surface area contributed by atoms with Gasteiger partial charge in [0.15, 0.2) is 0 Å². The Labute approximate surface area is 130 Å². The molecule has 5 nitrogen and oxygen atoms in total. The molecule has 3 rings (SSSR count). The summed E-state index contributed by atoms with van der Waals surface area (Å²) >= 11 is 3.49. The van der Waals surface area contributed by atoms with Crippen molar-refractivity contribution in [1.82, 2.24) is 10.1 Å². The Morgan fingerprint density at radius 2 is 2.14 bits per heavy atom. The van der Waals surface area contributed by atoms with Crippen LogP contribution in [-0.2, 0) is 4.79 Å². The molecule has 1 aromatic carbocycles. The van der Waals surface area contributed by atoms with Gasteiger partial charge >= 0.3 is 5.97 Å². The highest BCUT2D eigenvalue weighted by Crippen LogP contribution is 2.64. The lowest BCUT2D eigenvalue weighted by atomic mass is 10.1. The van der Waals surface area contributed by atoms with Crippen molar-refractivity contribution in [1.29, 1.82) is 0 Å². The normalized spacial score (nSPS) is 23.0. The van der Waals surface area contributed by atoms with Gasteiger partial charge in [-0.3, -0.25) is 4.79 Å². The van der Waals surface area contributed by atoms with Crippen LogP contribution in [0.2, 0.25) is 0 Å². The molecule has 2 aromatic rings. The van der Waals surface area contributed by atoms with Crippen LogP contribution in [-0.4, -0.2) is 21.2 Å². The number of carboxylic acid groups (broad SMARTS) is 1. The standard InChI is InChI=1S/C15H15BrN2O3/c1-7-4-5-8(9(16)6-7)12-17-13(21-18-12)10-11(14(19)20)15(10,2)3/h4-6,10-11H,1-3H3,(H,19,20). The average molecular weight is 351 g/mol. The first-order chi connectivity index (χ1) is 9.82. The fourth-order valence-electron chi connectivity index (χ4n) is 2.83. The SMILES string of the molecule is Cc1ccc(-c2noc(C3C(C(=O)O)C3(C)C)n2)c(Br)c1. The summed E-state index contributed by atoms with van der Waals surface area (Å²) in [7, 11) is 0. The van der Waals surface area contributed by atoms with Gasteiger partial charge in [0.05, 0.1) is 11.8 Å². The summed E-state index contributed by atoms with van der Waals surface area (Å²) in [4.78, 5) is 15.6. The molecule has 2 unspecified atom stereocenters. The Kier molecular flexibility index (Phi) is 3.16. The Morgan fingerprint density at radius 1 is 1.43 bits per heavy atom. The highest BCUT2D eigenvalue weighted by molar-refractivity contribution is 9.10. The van der Waals surface area contributed by atoms with Gasteiger partial charge in [0.2, 0.25) is 11.7 Å². The van der Waals surface area contributed by atoms with Crippen LogP contribution in [0.15, 0.2) is 27.2 Å². The van der Waals surface area contributed by atoms with Crippen molar-refractivity contribution in [2.75, 3.05) is 0 Å². The molecule has 0 radical (unpaired) electrons. The van der Waals surface area contributed by atoms with E-state index in [1.165, 1.54) is 0 Å². The summed E-state index contributed by atoms with van der Waals surface area (Å²) < 4.78 is 6.19. The van der Waals surface area contributed by atoms with Crippen LogP contribution in [0.1, 0.15) is 31.2 Å². The predicted molar refractivity (Wildman–Crippen MR) is 79.8 cm³/mol. The molecular weight excluding hydrogens is 336 g/mol. The maximum atomic E-state index is 11.2. The Balaban J connectivity index is 1.93. The molecule has 0 amide bonds. The fraction of sp³-hybridized carbons (Fsp3) is 0.400. The molecular formula is C15H15BrN2O3. The first-order valence-corrected chi connectivity index (χ1v) is 7.44. The van der Waals surface area contributed by atoms with Crippen LogP contribution in [0.3, 0.4) is 0 Å². The molecule has 110 valence electrons. The van der Waals surface area contributed by atoms with Crippen LogP contribution < -0.4 is 0 Å². The van der Waals surface area contributed by atoms with Crippen LogP contribution in [0, 0.1) is 18.3 Å². The molecule has 0 spiro atoms. The zero-order valence-corrected chi connectivity index (χ0v) is 13.5. The highest BCUT2D eigenvalue weighted by Gasteiger charge is 2.65. The van der Waals surface area contributed by atoms with Gasteiger partial charge in [-0.25, -0.2) is 0 Å². The topological polar surface area (TPSA) is 76.2 Å². The number of carboxylic acids is 1. The molecule has 1 aromatic heterocycles. The average Bonchev–Trinajstić information content (AvgIpc) is 2.75. The monoisotopic (exact) mass is 350 g/mol. The summed E-state index contributed by atoms with van der Waals surface area (Å²) in [6.45, 7) is 5.81. The molecule has 1 saturated carbocycles. The molecule has 1 aliphatic carbocycles. The smallest absolute Gasteiger partial charge is 0.307 e. The fourth-order valence-corrected chi connectivity index (χ4v) is 3.50. The summed E-state index contributed by atoms with van der Waals surface area (Å²) in [6.07, 6.45) is 0. The van der Waals surface area contributed by atoms with E-state index in [2.05, 4.69) is 26.1 Å². The first kappa shape index (κ1) is 14.3. The zero-order chi connectivity index (χ0) is 15.4. The number of aromatic nitrogens is 2. The number of benzene rings is 1. The van der Waals surface area contributed by atoms with E-state index in [9.17, 15) is 9.90 Å². The quantitative estimate of drug-likeness (QED) is 0.914. The van der Waals surface area contributed by atoms with E-state index < -0.39 is 11.9 Å². The third-order valence-corrected chi connectivity index (χ3v) is 4.82. The molecule has 1 fully saturated rings. The molecule has 21 heavy (non-hydrogen) atoms. The number of aryl methyl sites for hydroxylation is 1. The minimum Gasteiger partial charge on any atom is -0.481 e. The second-order valence-corrected chi connectivity index (χ2v) is 6.91. The Bertz CT molecular complexity index is 723. The summed E-state index contributed by atoms with van der Waals surface area (Å²) in [5.41, 5.74) is 1.62. The van der Waals surface area contributed by atoms with E-state index in [0.29, 0.717) is 11.7 Å². The van der Waals surface area contributed by atoms with Crippen molar-refractivity contribution in [2.24, 2.45) is 11.3 Å². The molecule has 0 aliphatic heterocycles. The zero-order valence-electron chi connectivity index (χ0n) is 11.9. The number of rotatable bonds is 3. The molecule has 0 bridgehead atoms. The van der Waals surface area contributed by atoms with Crippen LogP contribution in [0.25, 0.3) is 11.4 Å². The van der Waals surface area contributed by atoms with Gasteiger partial charge in [-0.2, -0.15) is 4.98 Å². The summed E-state index contributed by atoms with van der Waals surface area (Å²) in [6, 6.07) is 5.87. The lowest BCUT2D eigenvalue weighted by molar-refractivity contribution is -0.139. The number of aliphatic carboxylic acids is 1. The number of halogens is 1. The summed E-state index contributed by atoms with van der Waals surface area (Å²) in [5, 5.41) is 13.2. The number of nitrogens with zero attached hydrogens (tertiary/aromatic N) is 2. The van der Waals surface area contributed by atoms with Gasteiger partial charge < -0.3 is 9.63 Å². The second-order valence-electron chi connectivity index (χ2n) is 6.05. The molecule has 1 aliphatic rings. The van der Waals surface area contributed by atoms with Gasteiger partial charge in [0.25, 0.3) is 0 Å². The number of hydrogen-bond donors (Lipinski definition) is 1. The molecule has 1 heterocycles. The second kappa shape index (κ2) is 4.66. The van der Waals surface area contributed by atoms with Gasteiger partial charge in [0, 0.05) is 10.0 Å². The van der Waals surface area contributed by atoms with E-state index in [0.717, 1.165) is 15.6 Å². The van der Waals surface area contributed by atoms with Crippen molar-refractivity contribution in [3.63, 3.8) is 0 Å². The lowest BCUT2D eigenvalue weighted by Crippen LogP contribution is -2.03. The third kappa shape index (κ3) is 2.27. The first-order valence-electron chi connectivity index (χ1n) is 6.65. The molecule has 0 saturated heterocycles. The lowest BCUT2D eigenvalue weighted by Gasteiger charge is -2.00. The van der Waals surface area contributed by atoms with Crippen LogP contribution in [0.5, 0.6) is 0 Å². The van der Waals surface area contributed by atoms with E-state index in [1.807, 2.05) is 39.0 Å². The maximum absolute atomic E-state index is 11.2. The Morgan fingerprint density at radius 3 is 2.71 bits per heavy atom. The predicted octanol–water partition coefficient (Wildman–Crippen LogP) is 3.63. The van der Waals surface area contributed by atoms with Gasteiger partial charge in [-0.15, -0.1) is 0 Å². The minimum absolute atomic E-state index is 0.222. The van der Waals surface area contributed by atoms with Crippen molar-refractivity contribution in [3.05, 3.63) is 34.1 Å². The molecule has 2 atom stereocenters. The van der Waals surface area contributed by atoms with Crippen molar-refractivity contribution in [3.8, 4) is 11.4 Å². The molecule has 1 N–H and O–H groups in total. The third-order valence-electron chi connectivity index (χ3n) is 4.17. The van der Waals surface area contributed by atoms with Crippen LogP contribution >= 0.6 is 15.9 Å². The van der Waals surface area contributed by atoms with Gasteiger partial charge in [-0.1, -0.05) is 41.0 Å². The van der Waals surface area contributed by atoms with E-state index in [4.69, 9.17) is 4.52 Å². The maximum Gasteiger partial charge on any atom is 0.307 e. The minimum atomic E-state index is -0.818. The largest absolute Gasteiger partial charge is 0.481 e. The van der Waals surface area contributed by atoms with Crippen molar-refractivity contribution >= 4 is 21.9 Å². The Hall–Kier alpha value is -1.69. The van der Waals surface area contributed by atoms with Crippen molar-refractivity contribution < 1.29 is 14.4 Å². The van der Waals surface area contributed by atoms with E-state index >= 15 is 0 Å². The van der Waals surface area contributed by atoms with Crippen molar-refractivity contribution in [2.45, 2.75) is 26.7 Å². The number of carbonyl (C=O) groups is 1. The summed E-state index contributed by atoms with van der Waals surface area (Å²) in [5.74, 6) is -0.632.